The van der Waals surface area contributed by atoms with E-state index in [1.54, 1.807) is 13.2 Å². The van der Waals surface area contributed by atoms with Crippen LogP contribution in [0, 0.1) is 0 Å². The second-order valence-corrected chi connectivity index (χ2v) is 2.54. The number of ether oxygens (including phenoxy) is 2. The van der Waals surface area contributed by atoms with E-state index in [1.807, 2.05) is 18.2 Å². The van der Waals surface area contributed by atoms with E-state index in [-0.39, 0.29) is 12.4 Å². The van der Waals surface area contributed by atoms with Gasteiger partial charge in [0.15, 0.2) is 6.61 Å². The first-order valence-electron chi connectivity index (χ1n) is 3.86. The number of amidine groups is 1. The third-order valence-corrected chi connectivity index (χ3v) is 1.45. The highest BCUT2D eigenvalue weighted by atomic mass is 16.5. The second-order valence-electron chi connectivity index (χ2n) is 2.54. The Morgan fingerprint density at radius 1 is 1.46 bits per heavy atom. The van der Waals surface area contributed by atoms with Gasteiger partial charge in [-0.15, -0.1) is 0 Å². The molecule has 13 heavy (non-hydrogen) atoms. The van der Waals surface area contributed by atoms with Gasteiger partial charge in [-0.3, -0.25) is 11.1 Å². The minimum Gasteiger partial charge on any atom is -0.497 e. The van der Waals surface area contributed by atoms with Gasteiger partial charge in [-0.2, -0.15) is 0 Å². The van der Waals surface area contributed by atoms with Gasteiger partial charge in [-0.25, -0.2) is 0 Å². The summed E-state index contributed by atoms with van der Waals surface area (Å²) in [7, 11) is 1.60. The zero-order valence-electron chi connectivity index (χ0n) is 7.49. The third-order valence-electron chi connectivity index (χ3n) is 1.45. The number of hydrogen-bond acceptors (Lipinski definition) is 2. The molecule has 0 saturated carbocycles. The quantitative estimate of drug-likeness (QED) is 0.471. The maximum Gasteiger partial charge on any atom is 0.276 e. The van der Waals surface area contributed by atoms with Crippen molar-refractivity contribution in [3.63, 3.8) is 0 Å². The van der Waals surface area contributed by atoms with Gasteiger partial charge in [0.1, 0.15) is 11.5 Å². The van der Waals surface area contributed by atoms with Crippen LogP contribution in [0.2, 0.25) is 0 Å². The van der Waals surface area contributed by atoms with Crippen molar-refractivity contribution in [1.82, 2.24) is 0 Å². The Balaban J connectivity index is 2.61. The van der Waals surface area contributed by atoms with Gasteiger partial charge in [-0.05, 0) is 12.1 Å². The van der Waals surface area contributed by atoms with Crippen molar-refractivity contribution in [2.75, 3.05) is 13.7 Å². The third kappa shape index (κ3) is 3.02. The Morgan fingerprint density at radius 3 is 2.77 bits per heavy atom. The van der Waals surface area contributed by atoms with Gasteiger partial charge in [0.05, 0.1) is 7.11 Å². The summed E-state index contributed by atoms with van der Waals surface area (Å²) in [6, 6.07) is 7.25. The topological polar surface area (TPSA) is 70.1 Å². The summed E-state index contributed by atoms with van der Waals surface area (Å²) in [6.07, 6.45) is 0. The summed E-state index contributed by atoms with van der Waals surface area (Å²) < 4.78 is 10.3. The number of methoxy groups -OCH3 is 1. The zero-order valence-corrected chi connectivity index (χ0v) is 7.49. The molecule has 4 heteroatoms. The predicted octanol–water partition coefficient (Wildman–Crippen LogP) is -0.810. The maximum absolute atomic E-state index is 5.25. The lowest BCUT2D eigenvalue weighted by Gasteiger charge is -2.04. The van der Waals surface area contributed by atoms with Crippen LogP contribution < -0.4 is 20.6 Å². The molecule has 1 rings (SSSR count). The SMILES string of the molecule is COc1cccc(OCC(N)=[NH2+])c1. The van der Waals surface area contributed by atoms with Gasteiger partial charge < -0.3 is 9.47 Å². The molecular weight excluding hydrogens is 168 g/mol. The van der Waals surface area contributed by atoms with Crippen LogP contribution in [0.1, 0.15) is 0 Å². The van der Waals surface area contributed by atoms with Gasteiger partial charge >= 0.3 is 0 Å². The fourth-order valence-corrected chi connectivity index (χ4v) is 0.858. The number of benzene rings is 1. The monoisotopic (exact) mass is 181 g/mol. The number of rotatable bonds is 4. The van der Waals surface area contributed by atoms with Crippen molar-refractivity contribution in [3.05, 3.63) is 24.3 Å². The molecule has 1 aromatic rings. The van der Waals surface area contributed by atoms with Crippen LogP contribution in [0.3, 0.4) is 0 Å². The van der Waals surface area contributed by atoms with E-state index in [0.717, 1.165) is 5.75 Å². The van der Waals surface area contributed by atoms with Crippen LogP contribution in [0.25, 0.3) is 0 Å². The smallest absolute Gasteiger partial charge is 0.276 e. The van der Waals surface area contributed by atoms with Gasteiger partial charge in [-0.1, -0.05) is 6.07 Å². The lowest BCUT2D eigenvalue weighted by molar-refractivity contribution is -0.119. The first-order chi connectivity index (χ1) is 6.22. The molecule has 4 N–H and O–H groups in total. The van der Waals surface area contributed by atoms with Crippen molar-refractivity contribution in [2.45, 2.75) is 0 Å². The number of hydrogen-bond donors (Lipinski definition) is 2. The van der Waals surface area contributed by atoms with Gasteiger partial charge in [0, 0.05) is 6.07 Å². The average molecular weight is 181 g/mol. The summed E-state index contributed by atoms with van der Waals surface area (Å²) in [5.74, 6) is 1.68. The first-order valence-corrected chi connectivity index (χ1v) is 3.86. The minimum atomic E-state index is 0.215. The highest BCUT2D eigenvalue weighted by molar-refractivity contribution is 5.75. The highest BCUT2D eigenvalue weighted by Crippen LogP contribution is 2.18. The lowest BCUT2D eigenvalue weighted by Crippen LogP contribution is -2.49. The van der Waals surface area contributed by atoms with E-state index in [9.17, 15) is 0 Å². The molecule has 0 atom stereocenters. The molecule has 0 aliphatic heterocycles. The van der Waals surface area contributed by atoms with Crippen LogP contribution in [0.15, 0.2) is 24.3 Å². The molecule has 70 valence electrons. The molecule has 0 aliphatic carbocycles. The molecule has 0 radical (unpaired) electrons. The van der Waals surface area contributed by atoms with E-state index in [1.165, 1.54) is 0 Å². The Kier molecular flexibility index (Phi) is 3.14. The van der Waals surface area contributed by atoms with Gasteiger partial charge in [0.2, 0.25) is 0 Å². The molecule has 0 spiro atoms. The average Bonchev–Trinajstić information content (AvgIpc) is 2.15. The molecule has 0 unspecified atom stereocenters. The summed E-state index contributed by atoms with van der Waals surface area (Å²) in [5.41, 5.74) is 5.25. The Hall–Kier alpha value is -1.71. The standard InChI is InChI=1S/C9H12N2O2/c1-12-7-3-2-4-8(5-7)13-6-9(10)11/h2-5H,6H2,1H3,(H3,10,11)/p+1. The molecule has 0 amide bonds. The summed E-state index contributed by atoms with van der Waals surface area (Å²) >= 11 is 0. The molecule has 0 aromatic heterocycles. The Bertz CT molecular complexity index is 299. The van der Waals surface area contributed by atoms with E-state index < -0.39 is 0 Å². The molecule has 0 heterocycles. The molecule has 0 saturated heterocycles. The normalized spacial score (nSPS) is 9.31. The second kappa shape index (κ2) is 4.35. The fraction of sp³-hybridized carbons (Fsp3) is 0.222. The molecule has 0 aliphatic rings. The van der Waals surface area contributed by atoms with E-state index in [2.05, 4.69) is 0 Å². The Labute approximate surface area is 76.8 Å². The molecule has 0 fully saturated rings. The van der Waals surface area contributed by atoms with E-state index in [0.29, 0.717) is 5.75 Å². The van der Waals surface area contributed by atoms with Crippen molar-refractivity contribution in [2.24, 2.45) is 5.73 Å². The zero-order chi connectivity index (χ0) is 9.68. The van der Waals surface area contributed by atoms with Crippen molar-refractivity contribution in [1.29, 1.82) is 0 Å². The highest BCUT2D eigenvalue weighted by Gasteiger charge is 1.99. The minimum absolute atomic E-state index is 0.215. The molecule has 0 bridgehead atoms. The summed E-state index contributed by atoms with van der Waals surface area (Å²) in [4.78, 5) is 0. The van der Waals surface area contributed by atoms with Crippen LogP contribution in [-0.2, 0) is 0 Å². The first kappa shape index (κ1) is 9.38. The van der Waals surface area contributed by atoms with Crippen LogP contribution >= 0.6 is 0 Å². The summed E-state index contributed by atoms with van der Waals surface area (Å²) in [6.45, 7) is 0.215. The predicted molar refractivity (Wildman–Crippen MR) is 49.6 cm³/mol. The van der Waals surface area contributed by atoms with E-state index in [4.69, 9.17) is 20.6 Å². The molecule has 1 aromatic carbocycles. The molecule has 4 nitrogen and oxygen atoms in total. The Morgan fingerprint density at radius 2 is 2.15 bits per heavy atom. The summed E-state index contributed by atoms with van der Waals surface area (Å²) in [5, 5.41) is 5.25. The van der Waals surface area contributed by atoms with E-state index >= 15 is 0 Å². The fourth-order valence-electron chi connectivity index (χ4n) is 0.858. The maximum atomic E-state index is 5.25. The van der Waals surface area contributed by atoms with Crippen LogP contribution in [0.4, 0.5) is 0 Å². The van der Waals surface area contributed by atoms with Crippen LogP contribution in [-0.4, -0.2) is 19.6 Å². The van der Waals surface area contributed by atoms with Crippen molar-refractivity contribution in [3.8, 4) is 11.5 Å². The lowest BCUT2D eigenvalue weighted by atomic mass is 10.3. The number of nitrogens with two attached hydrogens (primary N) is 2. The van der Waals surface area contributed by atoms with Crippen molar-refractivity contribution < 1.29 is 14.9 Å². The van der Waals surface area contributed by atoms with Crippen molar-refractivity contribution >= 4 is 5.84 Å². The van der Waals surface area contributed by atoms with Gasteiger partial charge in [0.25, 0.3) is 5.84 Å². The van der Waals surface area contributed by atoms with Crippen LogP contribution in [0.5, 0.6) is 11.5 Å². The largest absolute Gasteiger partial charge is 0.497 e. The molecular formula is C9H13N2O2+.